The van der Waals surface area contributed by atoms with E-state index in [9.17, 15) is 9.59 Å². The molecule has 29 heavy (non-hydrogen) atoms. The van der Waals surface area contributed by atoms with E-state index in [1.807, 2.05) is 45.0 Å². The van der Waals surface area contributed by atoms with Gasteiger partial charge in [0.2, 0.25) is 11.8 Å². The number of benzene rings is 2. The fourth-order valence-corrected chi connectivity index (χ4v) is 5.03. The second kappa shape index (κ2) is 7.19. The van der Waals surface area contributed by atoms with E-state index < -0.39 is 5.41 Å². The molecule has 0 aromatic heterocycles. The number of halogens is 2. The highest BCUT2D eigenvalue weighted by Gasteiger charge is 2.56. The van der Waals surface area contributed by atoms with Crippen molar-refractivity contribution in [2.75, 3.05) is 11.9 Å². The molecule has 2 aliphatic heterocycles. The molecule has 4 nitrogen and oxygen atoms in total. The second-order valence-electron chi connectivity index (χ2n) is 7.98. The fraction of sp³-hybridized carbons (Fsp3) is 0.304. The Balaban J connectivity index is 1.99. The third-order valence-electron chi connectivity index (χ3n) is 6.21. The maximum atomic E-state index is 13.4. The van der Waals surface area contributed by atoms with Gasteiger partial charge in [-0.1, -0.05) is 47.0 Å². The number of hydrogen-bond acceptors (Lipinski definition) is 2. The minimum atomic E-state index is -0.908. The fourth-order valence-electron chi connectivity index (χ4n) is 4.53. The Morgan fingerprint density at radius 2 is 1.86 bits per heavy atom. The maximum Gasteiger partial charge on any atom is 0.237 e. The van der Waals surface area contributed by atoms with Gasteiger partial charge in [0.15, 0.2) is 0 Å². The molecule has 2 aromatic carbocycles. The molecule has 4 rings (SSSR count). The molecule has 2 amide bonds. The van der Waals surface area contributed by atoms with Gasteiger partial charge in [-0.25, -0.2) is 0 Å². The van der Waals surface area contributed by atoms with Gasteiger partial charge in [0.25, 0.3) is 0 Å². The molecule has 0 saturated carbocycles. The summed E-state index contributed by atoms with van der Waals surface area (Å²) in [6.45, 7) is 6.32. The van der Waals surface area contributed by atoms with Crippen LogP contribution in [0.5, 0.6) is 0 Å². The summed E-state index contributed by atoms with van der Waals surface area (Å²) >= 11 is 12.8. The smallest absolute Gasteiger partial charge is 0.237 e. The summed E-state index contributed by atoms with van der Waals surface area (Å²) in [5.74, 6) is -0.543. The van der Waals surface area contributed by atoms with E-state index in [0.717, 1.165) is 27.8 Å². The molecule has 0 radical (unpaired) electrons. The second-order valence-corrected chi connectivity index (χ2v) is 8.82. The van der Waals surface area contributed by atoms with Gasteiger partial charge in [0.05, 0.1) is 0 Å². The average molecular weight is 429 g/mol. The first-order valence-corrected chi connectivity index (χ1v) is 10.3. The molecule has 2 atom stereocenters. The number of amides is 2. The van der Waals surface area contributed by atoms with Crippen LogP contribution in [0.2, 0.25) is 10.0 Å². The zero-order valence-electron chi connectivity index (χ0n) is 16.5. The normalized spacial score (nSPS) is 22.9. The zero-order chi connectivity index (χ0) is 20.9. The molecule has 2 aromatic rings. The van der Waals surface area contributed by atoms with Crippen LogP contribution in [0.1, 0.15) is 49.8 Å². The number of carbonyl (C=O) groups is 2. The Morgan fingerprint density at radius 1 is 1.10 bits per heavy atom. The molecule has 2 aliphatic rings. The Hall–Kier alpha value is -2.30. The molecule has 1 unspecified atom stereocenters. The van der Waals surface area contributed by atoms with E-state index in [-0.39, 0.29) is 30.7 Å². The van der Waals surface area contributed by atoms with Crippen LogP contribution in [0.3, 0.4) is 0 Å². The van der Waals surface area contributed by atoms with Crippen LogP contribution < -0.4 is 10.6 Å². The van der Waals surface area contributed by atoms with E-state index in [4.69, 9.17) is 23.2 Å². The molecule has 1 fully saturated rings. The number of rotatable bonds is 2. The minimum Gasteiger partial charge on any atom is -0.355 e. The molecule has 150 valence electrons. The van der Waals surface area contributed by atoms with Crippen LogP contribution in [-0.2, 0) is 15.0 Å². The SMILES string of the molecule is CC(C)=C(C)c1c(Cl)cccc1[C@@H]1CC(=O)NCC12C(=O)Nc1cc(Cl)ccc12. The van der Waals surface area contributed by atoms with Crippen molar-refractivity contribution < 1.29 is 9.59 Å². The van der Waals surface area contributed by atoms with E-state index in [1.165, 1.54) is 0 Å². The highest BCUT2D eigenvalue weighted by atomic mass is 35.5. The Morgan fingerprint density at radius 3 is 2.59 bits per heavy atom. The molecule has 0 aliphatic carbocycles. The van der Waals surface area contributed by atoms with Crippen LogP contribution >= 0.6 is 23.2 Å². The van der Waals surface area contributed by atoms with Crippen LogP contribution in [0, 0.1) is 0 Å². The molecular weight excluding hydrogens is 407 g/mol. The summed E-state index contributed by atoms with van der Waals surface area (Å²) in [5, 5.41) is 7.07. The highest BCUT2D eigenvalue weighted by Crippen LogP contribution is 2.52. The van der Waals surface area contributed by atoms with Gasteiger partial charge in [-0.05, 0) is 61.2 Å². The van der Waals surface area contributed by atoms with Crippen molar-refractivity contribution in [2.24, 2.45) is 0 Å². The third kappa shape index (κ3) is 3.06. The zero-order valence-corrected chi connectivity index (χ0v) is 18.0. The number of allylic oxidation sites excluding steroid dienone is 2. The first-order chi connectivity index (χ1) is 13.8. The first kappa shape index (κ1) is 20.0. The predicted molar refractivity (Wildman–Crippen MR) is 118 cm³/mol. The molecular formula is C23H22Cl2N2O2. The lowest BCUT2D eigenvalue weighted by Gasteiger charge is -2.41. The standard InChI is InChI=1S/C23H22Cl2N2O2/c1-12(2)13(3)21-15(5-4-6-18(21)25)17-10-20(28)26-11-23(17)16-8-7-14(24)9-19(16)27-22(23)29/h4-9,17H,10-11H2,1-3H3,(H,26,28)(H,27,29)/t17-,23?/m0/s1. The van der Waals surface area contributed by atoms with Crippen molar-refractivity contribution in [3.63, 3.8) is 0 Å². The molecule has 2 heterocycles. The van der Waals surface area contributed by atoms with Gasteiger partial charge < -0.3 is 10.6 Å². The Kier molecular flexibility index (Phi) is 4.96. The van der Waals surface area contributed by atoms with E-state index in [2.05, 4.69) is 10.6 Å². The van der Waals surface area contributed by atoms with Crippen molar-refractivity contribution in [1.82, 2.24) is 5.32 Å². The summed E-state index contributed by atoms with van der Waals surface area (Å²) in [5.41, 5.74) is 4.67. The third-order valence-corrected chi connectivity index (χ3v) is 6.76. The average Bonchev–Trinajstić information content (AvgIpc) is 2.94. The van der Waals surface area contributed by atoms with Gasteiger partial charge in [0.1, 0.15) is 5.41 Å². The van der Waals surface area contributed by atoms with Crippen molar-refractivity contribution >= 4 is 46.3 Å². The van der Waals surface area contributed by atoms with Gasteiger partial charge in [-0.2, -0.15) is 0 Å². The van der Waals surface area contributed by atoms with Gasteiger partial charge in [-0.3, -0.25) is 9.59 Å². The molecule has 2 N–H and O–H groups in total. The lowest BCUT2D eigenvalue weighted by molar-refractivity contribution is -0.128. The highest BCUT2D eigenvalue weighted by molar-refractivity contribution is 6.32. The minimum absolute atomic E-state index is 0.0726. The van der Waals surface area contributed by atoms with Crippen molar-refractivity contribution in [3.05, 3.63) is 68.7 Å². The van der Waals surface area contributed by atoms with Gasteiger partial charge in [-0.15, -0.1) is 0 Å². The monoisotopic (exact) mass is 428 g/mol. The van der Waals surface area contributed by atoms with Crippen LogP contribution in [-0.4, -0.2) is 18.4 Å². The number of piperidine rings is 1. The Labute approximate surface area is 180 Å². The summed E-state index contributed by atoms with van der Waals surface area (Å²) in [6.07, 6.45) is 0.207. The van der Waals surface area contributed by atoms with Crippen molar-refractivity contribution in [2.45, 2.75) is 38.5 Å². The maximum absolute atomic E-state index is 13.4. The van der Waals surface area contributed by atoms with Crippen molar-refractivity contribution in [1.29, 1.82) is 0 Å². The Bertz CT molecular complexity index is 1070. The van der Waals surface area contributed by atoms with Gasteiger partial charge >= 0.3 is 0 Å². The number of anilines is 1. The lowest BCUT2D eigenvalue weighted by Crippen LogP contribution is -2.55. The molecule has 0 bridgehead atoms. The summed E-state index contributed by atoms with van der Waals surface area (Å²) in [7, 11) is 0. The number of carbonyl (C=O) groups excluding carboxylic acids is 2. The number of nitrogens with one attached hydrogen (secondary N) is 2. The van der Waals surface area contributed by atoms with Gasteiger partial charge in [0, 0.05) is 34.6 Å². The van der Waals surface area contributed by atoms with E-state index in [1.54, 1.807) is 12.1 Å². The quantitative estimate of drug-likeness (QED) is 0.681. The lowest BCUT2D eigenvalue weighted by atomic mass is 9.64. The number of fused-ring (bicyclic) bond motifs is 2. The van der Waals surface area contributed by atoms with E-state index >= 15 is 0 Å². The molecule has 1 saturated heterocycles. The number of hydrogen-bond donors (Lipinski definition) is 2. The summed E-state index contributed by atoms with van der Waals surface area (Å²) in [6, 6.07) is 11.2. The molecule has 6 heteroatoms. The van der Waals surface area contributed by atoms with E-state index in [0.29, 0.717) is 15.7 Å². The predicted octanol–water partition coefficient (Wildman–Crippen LogP) is 5.30. The first-order valence-electron chi connectivity index (χ1n) is 9.56. The van der Waals surface area contributed by atoms with Crippen LogP contribution in [0.25, 0.3) is 5.57 Å². The van der Waals surface area contributed by atoms with Crippen LogP contribution in [0.4, 0.5) is 5.69 Å². The van der Waals surface area contributed by atoms with Crippen molar-refractivity contribution in [3.8, 4) is 0 Å². The summed E-state index contributed by atoms with van der Waals surface area (Å²) in [4.78, 5) is 25.8. The van der Waals surface area contributed by atoms with Crippen LogP contribution in [0.15, 0.2) is 42.0 Å². The molecule has 1 spiro atoms. The topological polar surface area (TPSA) is 58.2 Å². The largest absolute Gasteiger partial charge is 0.355 e. The summed E-state index contributed by atoms with van der Waals surface area (Å²) < 4.78 is 0.